The molecule has 8 atom stereocenters. The summed E-state index contributed by atoms with van der Waals surface area (Å²) in [6, 6.07) is 6.82. The van der Waals surface area contributed by atoms with Gasteiger partial charge in [0.15, 0.2) is 0 Å². The summed E-state index contributed by atoms with van der Waals surface area (Å²) < 4.78 is 16.7. The van der Waals surface area contributed by atoms with E-state index in [1.165, 1.54) is 56.9 Å². The van der Waals surface area contributed by atoms with Gasteiger partial charge in [0.1, 0.15) is 12.7 Å². The van der Waals surface area contributed by atoms with E-state index in [-0.39, 0.29) is 29.3 Å². The molecule has 5 rings (SSSR count). The molecule has 1 aromatic carbocycles. The van der Waals surface area contributed by atoms with Gasteiger partial charge in [-0.05, 0) is 110 Å². The molecule has 4 aliphatic carbocycles. The molecule has 0 amide bonds. The van der Waals surface area contributed by atoms with E-state index >= 15 is 0 Å². The highest BCUT2D eigenvalue weighted by Gasteiger charge is 2.59. The van der Waals surface area contributed by atoms with Crippen LogP contribution >= 0.6 is 0 Å². The summed E-state index contributed by atoms with van der Waals surface area (Å²) in [4.78, 5) is 26.1. The molecule has 0 unspecified atom stereocenters. The molecular weight excluding hydrogens is 548 g/mol. The first-order valence-corrected chi connectivity index (χ1v) is 17.8. The van der Waals surface area contributed by atoms with E-state index in [4.69, 9.17) is 14.2 Å². The number of hydrogen-bond acceptors (Lipinski definition) is 5. The summed E-state index contributed by atoms with van der Waals surface area (Å²) in [7, 11) is 0. The monoisotopic (exact) mass is 606 g/mol. The zero-order valence-electron chi connectivity index (χ0n) is 28.4. The van der Waals surface area contributed by atoms with Gasteiger partial charge in [0, 0.05) is 13.0 Å². The van der Waals surface area contributed by atoms with Crippen LogP contribution in [0.2, 0.25) is 0 Å². The van der Waals surface area contributed by atoms with Gasteiger partial charge in [0.2, 0.25) is 0 Å². The van der Waals surface area contributed by atoms with E-state index in [0.717, 1.165) is 54.8 Å². The molecule has 0 bridgehead atoms. The number of carbonyl (C=O) groups excluding carboxylic acids is 2. The van der Waals surface area contributed by atoms with Crippen molar-refractivity contribution in [3.63, 3.8) is 0 Å². The molecule has 244 valence electrons. The number of carbonyl (C=O) groups is 2. The largest absolute Gasteiger partial charge is 0.460 e. The first kappa shape index (κ1) is 33.2. The summed E-state index contributed by atoms with van der Waals surface area (Å²) in [5.41, 5.74) is 2.73. The summed E-state index contributed by atoms with van der Waals surface area (Å²) in [5, 5.41) is 0. The molecule has 4 aliphatic rings. The topological polar surface area (TPSA) is 61.8 Å². The number of ether oxygens (including phenoxy) is 3. The zero-order valence-corrected chi connectivity index (χ0v) is 28.4. The lowest BCUT2D eigenvalue weighted by Crippen LogP contribution is -2.51. The lowest BCUT2D eigenvalue weighted by molar-refractivity contribution is -0.0594. The van der Waals surface area contributed by atoms with Gasteiger partial charge >= 0.3 is 11.9 Å². The van der Waals surface area contributed by atoms with Crippen molar-refractivity contribution >= 4 is 11.9 Å². The smallest absolute Gasteiger partial charge is 0.339 e. The third-order valence-electron chi connectivity index (χ3n) is 12.6. The Hall–Kier alpha value is -2.14. The molecule has 0 aromatic heterocycles. The molecular formula is C39H58O5. The fourth-order valence-corrected chi connectivity index (χ4v) is 10.2. The maximum Gasteiger partial charge on any atom is 0.339 e. The van der Waals surface area contributed by atoms with Crippen molar-refractivity contribution in [2.45, 2.75) is 118 Å². The minimum absolute atomic E-state index is 0.156. The summed E-state index contributed by atoms with van der Waals surface area (Å²) >= 11 is 0. The number of fused-ring (bicyclic) bond motifs is 5. The van der Waals surface area contributed by atoms with Crippen LogP contribution in [0, 0.1) is 46.3 Å². The second kappa shape index (κ2) is 14.1. The van der Waals surface area contributed by atoms with Crippen LogP contribution in [0.5, 0.6) is 0 Å². The molecule has 0 aliphatic heterocycles. The van der Waals surface area contributed by atoms with Crippen LogP contribution < -0.4 is 0 Å². The van der Waals surface area contributed by atoms with E-state index in [2.05, 4.69) is 40.7 Å². The van der Waals surface area contributed by atoms with Crippen molar-refractivity contribution in [3.05, 3.63) is 47.0 Å². The lowest BCUT2D eigenvalue weighted by atomic mass is 9.47. The number of benzene rings is 1. The zero-order chi connectivity index (χ0) is 31.5. The predicted molar refractivity (Wildman–Crippen MR) is 175 cm³/mol. The Balaban J connectivity index is 1.22. The SMILES string of the molecule is CCOCCOC(=O)c1ccccc1C(=O)O[C@H]1CC[C@@]2(C)C(=CC[C@H]3[C@@H]4CC[C@H]([C@H](C)CCCC(C)C)[C@@]4(C)CC[C@@H]32)C1. The quantitative estimate of drug-likeness (QED) is 0.135. The van der Waals surface area contributed by atoms with E-state index < -0.39 is 11.9 Å². The van der Waals surface area contributed by atoms with Gasteiger partial charge in [0.25, 0.3) is 0 Å². The van der Waals surface area contributed by atoms with E-state index in [1.54, 1.807) is 24.3 Å². The van der Waals surface area contributed by atoms with Crippen molar-refractivity contribution < 1.29 is 23.8 Å². The Morgan fingerprint density at radius 3 is 2.39 bits per heavy atom. The van der Waals surface area contributed by atoms with Crippen LogP contribution in [0.25, 0.3) is 0 Å². The molecule has 1 aromatic rings. The van der Waals surface area contributed by atoms with Gasteiger partial charge in [-0.1, -0.05) is 77.7 Å². The van der Waals surface area contributed by atoms with Crippen molar-refractivity contribution in [1.82, 2.24) is 0 Å². The summed E-state index contributed by atoms with van der Waals surface area (Å²) in [6.45, 7) is 15.4. The van der Waals surface area contributed by atoms with Crippen LogP contribution in [-0.2, 0) is 14.2 Å². The van der Waals surface area contributed by atoms with E-state index in [1.807, 2.05) is 6.92 Å². The van der Waals surface area contributed by atoms with Crippen molar-refractivity contribution in [3.8, 4) is 0 Å². The number of hydrogen-bond donors (Lipinski definition) is 0. The molecule has 5 nitrogen and oxygen atoms in total. The molecule has 0 heterocycles. The second-order valence-corrected chi connectivity index (χ2v) is 15.4. The van der Waals surface area contributed by atoms with Crippen LogP contribution in [0.3, 0.4) is 0 Å². The average molecular weight is 607 g/mol. The van der Waals surface area contributed by atoms with Gasteiger partial charge in [0.05, 0.1) is 17.7 Å². The fourth-order valence-electron chi connectivity index (χ4n) is 10.2. The minimum atomic E-state index is -0.516. The van der Waals surface area contributed by atoms with Crippen LogP contribution in [-0.4, -0.2) is 37.9 Å². The molecule has 0 spiro atoms. The highest BCUT2D eigenvalue weighted by molar-refractivity contribution is 6.03. The molecule has 5 heteroatoms. The van der Waals surface area contributed by atoms with E-state index in [9.17, 15) is 9.59 Å². The fraction of sp³-hybridized carbons (Fsp3) is 0.744. The first-order valence-electron chi connectivity index (χ1n) is 17.8. The highest BCUT2D eigenvalue weighted by Crippen LogP contribution is 2.67. The molecule has 0 N–H and O–H groups in total. The Bertz CT molecular complexity index is 1190. The average Bonchev–Trinajstić information content (AvgIpc) is 3.36. The van der Waals surface area contributed by atoms with Crippen molar-refractivity contribution in [2.75, 3.05) is 19.8 Å². The standard InChI is InChI=1S/C39H58O5/c1-7-42-23-24-43-36(40)30-13-8-9-14-31(30)37(41)44-29-19-21-38(5)28(25-29)15-16-32-34-18-17-33(27(4)12-10-11-26(2)3)39(34,6)22-20-35(32)38/h8-9,13-15,26-27,29,32-35H,7,10-12,16-25H2,1-6H3/t27-,29+,32+,33-,34+,35+,38+,39-/m1/s1. The van der Waals surface area contributed by atoms with E-state index in [0.29, 0.717) is 18.6 Å². The first-order chi connectivity index (χ1) is 21.1. The Morgan fingerprint density at radius 1 is 0.909 bits per heavy atom. The molecule has 0 saturated heterocycles. The van der Waals surface area contributed by atoms with Crippen LogP contribution in [0.15, 0.2) is 35.9 Å². The number of rotatable bonds is 12. The van der Waals surface area contributed by atoms with Crippen LogP contribution in [0.1, 0.15) is 133 Å². The second-order valence-electron chi connectivity index (χ2n) is 15.4. The number of esters is 2. The van der Waals surface area contributed by atoms with Crippen molar-refractivity contribution in [1.29, 1.82) is 0 Å². The normalized spacial score (nSPS) is 33.5. The molecule has 44 heavy (non-hydrogen) atoms. The summed E-state index contributed by atoms with van der Waals surface area (Å²) in [5.74, 6) is 3.93. The molecule has 3 saturated carbocycles. The Kier molecular flexibility index (Phi) is 10.6. The maximum absolute atomic E-state index is 13.4. The van der Waals surface area contributed by atoms with Gasteiger partial charge in [-0.3, -0.25) is 0 Å². The lowest BCUT2D eigenvalue weighted by Gasteiger charge is -2.58. The molecule has 0 radical (unpaired) electrons. The Labute approximate surface area is 266 Å². The maximum atomic E-state index is 13.4. The van der Waals surface area contributed by atoms with Gasteiger partial charge in [-0.25, -0.2) is 9.59 Å². The van der Waals surface area contributed by atoms with Gasteiger partial charge < -0.3 is 14.2 Å². The predicted octanol–water partition coefficient (Wildman–Crippen LogP) is 9.45. The van der Waals surface area contributed by atoms with Crippen molar-refractivity contribution in [2.24, 2.45) is 46.3 Å². The summed E-state index contributed by atoms with van der Waals surface area (Å²) in [6.07, 6.45) is 16.0. The van der Waals surface area contributed by atoms with Crippen LogP contribution in [0.4, 0.5) is 0 Å². The number of allylic oxidation sites excluding steroid dienone is 1. The molecule has 3 fully saturated rings. The van der Waals surface area contributed by atoms with Gasteiger partial charge in [-0.2, -0.15) is 0 Å². The highest BCUT2D eigenvalue weighted by atomic mass is 16.6. The minimum Gasteiger partial charge on any atom is -0.460 e. The third kappa shape index (κ3) is 6.69. The Morgan fingerprint density at radius 2 is 1.66 bits per heavy atom. The third-order valence-corrected chi connectivity index (χ3v) is 12.6. The van der Waals surface area contributed by atoms with Gasteiger partial charge in [-0.15, -0.1) is 0 Å².